The standard InChI is InChI=1S/C18H21BrN4O3S/c19-17-6-5-16(27-17)13-22-11-9-21(10-12-22)8-7-18(24)20-14-1-3-15(4-2-14)23(25)26/h1-6H,7-13H2,(H,20,24). The number of piperazine rings is 1. The molecule has 7 nitrogen and oxygen atoms in total. The fraction of sp³-hybridized carbons (Fsp3) is 0.389. The topological polar surface area (TPSA) is 78.7 Å². The summed E-state index contributed by atoms with van der Waals surface area (Å²) in [6, 6.07) is 10.1. The average Bonchev–Trinajstić information content (AvgIpc) is 3.06. The number of nitrogens with zero attached hydrogens (tertiary/aromatic N) is 3. The van der Waals surface area contributed by atoms with Crippen LogP contribution >= 0.6 is 27.3 Å². The molecule has 1 aromatic heterocycles. The van der Waals surface area contributed by atoms with E-state index in [-0.39, 0.29) is 11.6 Å². The molecule has 3 rings (SSSR count). The van der Waals surface area contributed by atoms with Crippen molar-refractivity contribution in [1.29, 1.82) is 0 Å². The monoisotopic (exact) mass is 452 g/mol. The quantitative estimate of drug-likeness (QED) is 0.513. The van der Waals surface area contributed by atoms with Crippen molar-refractivity contribution in [2.45, 2.75) is 13.0 Å². The minimum Gasteiger partial charge on any atom is -0.326 e. The minimum atomic E-state index is -0.456. The number of amides is 1. The van der Waals surface area contributed by atoms with E-state index in [1.165, 1.54) is 17.0 Å². The van der Waals surface area contributed by atoms with E-state index in [2.05, 4.69) is 43.2 Å². The fourth-order valence-corrected chi connectivity index (χ4v) is 4.50. The molecule has 1 N–H and O–H groups in total. The Hall–Kier alpha value is -1.81. The van der Waals surface area contributed by atoms with Gasteiger partial charge in [-0.1, -0.05) is 0 Å². The Balaban J connectivity index is 1.36. The molecule has 2 aromatic rings. The zero-order valence-corrected chi connectivity index (χ0v) is 17.2. The number of thiophene rings is 1. The van der Waals surface area contributed by atoms with Crippen LogP contribution in [-0.4, -0.2) is 53.4 Å². The molecule has 9 heteroatoms. The van der Waals surface area contributed by atoms with E-state index >= 15 is 0 Å². The number of carbonyl (C=O) groups is 1. The second-order valence-corrected chi connectivity index (χ2v) is 8.97. The van der Waals surface area contributed by atoms with Gasteiger partial charge < -0.3 is 10.2 Å². The molecule has 2 heterocycles. The Bertz CT molecular complexity index is 788. The van der Waals surface area contributed by atoms with Crippen molar-refractivity contribution in [3.8, 4) is 0 Å². The third-order valence-corrected chi connectivity index (χ3v) is 6.10. The molecule has 0 aliphatic carbocycles. The fourth-order valence-electron chi connectivity index (χ4n) is 2.98. The van der Waals surface area contributed by atoms with E-state index in [0.717, 1.165) is 43.1 Å². The van der Waals surface area contributed by atoms with Crippen LogP contribution in [0.2, 0.25) is 0 Å². The van der Waals surface area contributed by atoms with Gasteiger partial charge in [0.05, 0.1) is 8.71 Å². The van der Waals surface area contributed by atoms with Crippen LogP contribution in [0.25, 0.3) is 0 Å². The first-order chi connectivity index (χ1) is 13.0. The molecule has 1 aliphatic heterocycles. The number of anilines is 1. The predicted molar refractivity (Wildman–Crippen MR) is 110 cm³/mol. The second-order valence-electron chi connectivity index (χ2n) is 6.43. The number of nitro benzene ring substituents is 1. The minimum absolute atomic E-state index is 0.0146. The lowest BCUT2D eigenvalue weighted by Gasteiger charge is -2.34. The van der Waals surface area contributed by atoms with E-state index in [0.29, 0.717) is 12.1 Å². The van der Waals surface area contributed by atoms with Crippen LogP contribution < -0.4 is 5.32 Å². The average molecular weight is 453 g/mol. The number of nitro groups is 1. The van der Waals surface area contributed by atoms with Gasteiger partial charge in [-0.2, -0.15) is 0 Å². The van der Waals surface area contributed by atoms with Crippen LogP contribution in [0.1, 0.15) is 11.3 Å². The van der Waals surface area contributed by atoms with E-state index in [4.69, 9.17) is 0 Å². The van der Waals surface area contributed by atoms with Crippen molar-refractivity contribution in [2.24, 2.45) is 0 Å². The van der Waals surface area contributed by atoms with Crippen molar-refractivity contribution in [1.82, 2.24) is 9.80 Å². The van der Waals surface area contributed by atoms with E-state index in [1.807, 2.05) is 0 Å². The van der Waals surface area contributed by atoms with Crippen molar-refractivity contribution in [3.05, 3.63) is 55.2 Å². The molecule has 144 valence electrons. The third kappa shape index (κ3) is 6.10. The van der Waals surface area contributed by atoms with E-state index < -0.39 is 4.92 Å². The van der Waals surface area contributed by atoms with Gasteiger partial charge in [0, 0.05) is 68.4 Å². The van der Waals surface area contributed by atoms with Gasteiger partial charge >= 0.3 is 0 Å². The zero-order chi connectivity index (χ0) is 19.2. The molecule has 0 atom stereocenters. The van der Waals surface area contributed by atoms with Crippen LogP contribution in [0.4, 0.5) is 11.4 Å². The summed E-state index contributed by atoms with van der Waals surface area (Å²) in [5.41, 5.74) is 0.596. The number of non-ortho nitro benzene ring substituents is 1. The predicted octanol–water partition coefficient (Wildman–Crippen LogP) is 3.57. The van der Waals surface area contributed by atoms with Crippen molar-refractivity contribution in [2.75, 3.05) is 38.0 Å². The summed E-state index contributed by atoms with van der Waals surface area (Å²) in [5.74, 6) is -0.0743. The molecule has 0 radical (unpaired) electrons. The Morgan fingerprint density at radius 2 is 1.78 bits per heavy atom. The molecule has 1 aliphatic rings. The van der Waals surface area contributed by atoms with Gasteiger partial charge in [0.1, 0.15) is 0 Å². The number of halogens is 1. The zero-order valence-electron chi connectivity index (χ0n) is 14.8. The molecule has 0 saturated carbocycles. The first kappa shape index (κ1) is 19.9. The van der Waals surface area contributed by atoms with Crippen LogP contribution in [0, 0.1) is 10.1 Å². The lowest BCUT2D eigenvalue weighted by atomic mass is 10.2. The van der Waals surface area contributed by atoms with Gasteiger partial charge in [-0.25, -0.2) is 0 Å². The first-order valence-electron chi connectivity index (χ1n) is 8.73. The highest BCUT2D eigenvalue weighted by Crippen LogP contribution is 2.23. The number of hydrogen-bond donors (Lipinski definition) is 1. The molecule has 0 unspecified atom stereocenters. The molecule has 0 bridgehead atoms. The number of benzene rings is 1. The van der Waals surface area contributed by atoms with Gasteiger partial charge in [-0.05, 0) is 40.2 Å². The normalized spacial score (nSPS) is 15.6. The lowest BCUT2D eigenvalue weighted by molar-refractivity contribution is -0.384. The van der Waals surface area contributed by atoms with Gasteiger partial charge in [0.2, 0.25) is 5.91 Å². The van der Waals surface area contributed by atoms with Crippen molar-refractivity contribution < 1.29 is 9.72 Å². The van der Waals surface area contributed by atoms with Crippen molar-refractivity contribution in [3.63, 3.8) is 0 Å². The summed E-state index contributed by atoms with van der Waals surface area (Å²) in [6.45, 7) is 5.61. The third-order valence-electron chi connectivity index (χ3n) is 4.49. The van der Waals surface area contributed by atoms with Crippen molar-refractivity contribution >= 4 is 44.5 Å². The summed E-state index contributed by atoms with van der Waals surface area (Å²) in [7, 11) is 0. The SMILES string of the molecule is O=C(CCN1CCN(Cc2ccc(Br)s2)CC1)Nc1ccc([N+](=O)[O-])cc1. The number of nitrogens with one attached hydrogen (secondary N) is 1. The van der Waals surface area contributed by atoms with Gasteiger partial charge in [-0.15, -0.1) is 11.3 Å². The molecule has 27 heavy (non-hydrogen) atoms. The molecular formula is C18H21BrN4O3S. The summed E-state index contributed by atoms with van der Waals surface area (Å²) < 4.78 is 1.16. The summed E-state index contributed by atoms with van der Waals surface area (Å²) in [6.07, 6.45) is 0.412. The maximum atomic E-state index is 12.1. The molecular weight excluding hydrogens is 432 g/mol. The molecule has 1 fully saturated rings. The Morgan fingerprint density at radius 3 is 2.37 bits per heavy atom. The first-order valence-corrected chi connectivity index (χ1v) is 10.3. The summed E-state index contributed by atoms with van der Waals surface area (Å²) in [4.78, 5) is 28.4. The highest BCUT2D eigenvalue weighted by molar-refractivity contribution is 9.11. The van der Waals surface area contributed by atoms with Gasteiger partial charge in [0.25, 0.3) is 5.69 Å². The largest absolute Gasteiger partial charge is 0.326 e. The smallest absolute Gasteiger partial charge is 0.269 e. The lowest BCUT2D eigenvalue weighted by Crippen LogP contribution is -2.46. The molecule has 0 spiro atoms. The molecule has 1 saturated heterocycles. The number of carbonyl (C=O) groups excluding carboxylic acids is 1. The van der Waals surface area contributed by atoms with E-state index in [1.54, 1.807) is 23.5 Å². The van der Waals surface area contributed by atoms with Crippen LogP contribution in [0.3, 0.4) is 0 Å². The molecule has 1 aromatic carbocycles. The Morgan fingerprint density at radius 1 is 1.11 bits per heavy atom. The maximum absolute atomic E-state index is 12.1. The number of rotatable bonds is 7. The summed E-state index contributed by atoms with van der Waals surface area (Å²) >= 11 is 5.27. The van der Waals surface area contributed by atoms with Gasteiger partial charge in [-0.3, -0.25) is 19.8 Å². The van der Waals surface area contributed by atoms with Crippen LogP contribution in [0.15, 0.2) is 40.2 Å². The van der Waals surface area contributed by atoms with Crippen LogP contribution in [0.5, 0.6) is 0 Å². The van der Waals surface area contributed by atoms with Crippen LogP contribution in [-0.2, 0) is 11.3 Å². The highest BCUT2D eigenvalue weighted by atomic mass is 79.9. The molecule has 1 amide bonds. The Kier molecular flexibility index (Phi) is 6.95. The maximum Gasteiger partial charge on any atom is 0.269 e. The van der Waals surface area contributed by atoms with Gasteiger partial charge in [0.15, 0.2) is 0 Å². The highest BCUT2D eigenvalue weighted by Gasteiger charge is 2.18. The summed E-state index contributed by atoms with van der Waals surface area (Å²) in [5, 5.41) is 13.4. The van der Waals surface area contributed by atoms with E-state index in [9.17, 15) is 14.9 Å². The second kappa shape index (κ2) is 9.41. The number of hydrogen-bond acceptors (Lipinski definition) is 6. The Labute approximate surface area is 170 Å².